The molecule has 2 aromatic carbocycles. The van der Waals surface area contributed by atoms with Crippen molar-refractivity contribution in [1.29, 1.82) is 0 Å². The summed E-state index contributed by atoms with van der Waals surface area (Å²) in [6.07, 6.45) is 1.64. The van der Waals surface area contributed by atoms with Crippen molar-refractivity contribution < 1.29 is 13.9 Å². The van der Waals surface area contributed by atoms with E-state index in [-0.39, 0.29) is 16.8 Å². The van der Waals surface area contributed by atoms with Crippen LogP contribution >= 0.6 is 11.6 Å². The molecular weight excluding hydrogens is 416 g/mol. The van der Waals surface area contributed by atoms with Gasteiger partial charge in [0.25, 0.3) is 5.91 Å². The van der Waals surface area contributed by atoms with Crippen LogP contribution in [0.4, 0.5) is 5.82 Å². The number of carbonyl (C=O) groups is 1. The van der Waals surface area contributed by atoms with Gasteiger partial charge in [0.15, 0.2) is 5.43 Å². The molecule has 0 spiro atoms. The fourth-order valence-corrected chi connectivity index (χ4v) is 4.11. The number of hydrogen-bond acceptors (Lipinski definition) is 5. The Kier molecular flexibility index (Phi) is 4.52. The third-order valence-electron chi connectivity index (χ3n) is 5.41. The Labute approximate surface area is 182 Å². The third kappa shape index (κ3) is 3.07. The fourth-order valence-electron chi connectivity index (χ4n) is 3.93. The molecule has 1 amide bonds. The van der Waals surface area contributed by atoms with E-state index >= 15 is 0 Å². The first-order valence-corrected chi connectivity index (χ1v) is 10.0. The van der Waals surface area contributed by atoms with Gasteiger partial charge in [-0.1, -0.05) is 23.7 Å². The summed E-state index contributed by atoms with van der Waals surface area (Å²) >= 11 is 6.12. The van der Waals surface area contributed by atoms with E-state index in [0.717, 1.165) is 11.1 Å². The van der Waals surface area contributed by atoms with Crippen LogP contribution in [0.3, 0.4) is 0 Å². The Morgan fingerprint density at radius 1 is 1.06 bits per heavy atom. The number of methoxy groups -OCH3 is 1. The highest BCUT2D eigenvalue weighted by Gasteiger charge is 2.44. The Morgan fingerprint density at radius 2 is 1.84 bits per heavy atom. The normalized spacial score (nSPS) is 15.4. The lowest BCUT2D eigenvalue weighted by atomic mass is 9.98. The lowest BCUT2D eigenvalue weighted by Crippen LogP contribution is -2.30. The number of nitrogens with zero attached hydrogens (tertiary/aromatic N) is 2. The summed E-state index contributed by atoms with van der Waals surface area (Å²) in [6.45, 7) is 1.92. The maximum atomic E-state index is 13.5. The van der Waals surface area contributed by atoms with E-state index in [1.807, 2.05) is 25.1 Å². The minimum Gasteiger partial charge on any atom is -0.497 e. The van der Waals surface area contributed by atoms with Crippen molar-refractivity contribution in [2.24, 2.45) is 0 Å². The summed E-state index contributed by atoms with van der Waals surface area (Å²) in [4.78, 5) is 32.9. The number of carbonyl (C=O) groups excluding carboxylic acids is 1. The summed E-state index contributed by atoms with van der Waals surface area (Å²) in [6, 6.07) is 15.0. The summed E-state index contributed by atoms with van der Waals surface area (Å²) in [5.41, 5.74) is 1.98. The maximum absolute atomic E-state index is 13.5. The molecule has 31 heavy (non-hydrogen) atoms. The van der Waals surface area contributed by atoms with Gasteiger partial charge in [0.05, 0.1) is 24.1 Å². The number of aromatic nitrogens is 1. The lowest BCUT2D eigenvalue weighted by Gasteiger charge is -2.24. The average molecular weight is 433 g/mol. The van der Waals surface area contributed by atoms with Crippen LogP contribution in [-0.4, -0.2) is 18.0 Å². The Morgan fingerprint density at radius 3 is 2.55 bits per heavy atom. The van der Waals surface area contributed by atoms with Crippen LogP contribution in [0.15, 0.2) is 70.0 Å². The van der Waals surface area contributed by atoms with Gasteiger partial charge in [-0.3, -0.25) is 14.5 Å². The SMILES string of the molecule is COc1ccc([C@@H]2c3c(oc4ccc(Cl)cc4c3=O)C(=O)N2c2cc(C)ccn2)cc1. The van der Waals surface area contributed by atoms with E-state index < -0.39 is 11.9 Å². The van der Waals surface area contributed by atoms with Crippen molar-refractivity contribution in [3.8, 4) is 5.75 Å². The molecule has 1 atom stereocenters. The van der Waals surface area contributed by atoms with Crippen molar-refractivity contribution in [1.82, 2.24) is 4.98 Å². The molecule has 0 bridgehead atoms. The number of hydrogen-bond donors (Lipinski definition) is 0. The summed E-state index contributed by atoms with van der Waals surface area (Å²) in [5.74, 6) is 0.719. The van der Waals surface area contributed by atoms with Gasteiger partial charge < -0.3 is 9.15 Å². The van der Waals surface area contributed by atoms with Gasteiger partial charge in [0.1, 0.15) is 17.2 Å². The van der Waals surface area contributed by atoms with Gasteiger partial charge in [0.2, 0.25) is 5.76 Å². The van der Waals surface area contributed by atoms with E-state index in [1.165, 1.54) is 4.90 Å². The van der Waals surface area contributed by atoms with Crippen molar-refractivity contribution in [3.05, 3.63) is 98.5 Å². The number of benzene rings is 2. The molecule has 0 fully saturated rings. The zero-order chi connectivity index (χ0) is 21.7. The second kappa shape index (κ2) is 7.25. The molecule has 0 N–H and O–H groups in total. The Balaban J connectivity index is 1.80. The first-order valence-electron chi connectivity index (χ1n) is 9.64. The molecule has 0 saturated carbocycles. The van der Waals surface area contributed by atoms with Crippen LogP contribution in [-0.2, 0) is 0 Å². The molecule has 0 aliphatic carbocycles. The quantitative estimate of drug-likeness (QED) is 0.460. The number of fused-ring (bicyclic) bond motifs is 2. The van der Waals surface area contributed by atoms with E-state index in [9.17, 15) is 9.59 Å². The van der Waals surface area contributed by atoms with Crippen LogP contribution in [0.2, 0.25) is 5.02 Å². The van der Waals surface area contributed by atoms with Gasteiger partial charge in [-0.15, -0.1) is 0 Å². The number of rotatable bonds is 3. The zero-order valence-electron chi connectivity index (χ0n) is 16.8. The van der Waals surface area contributed by atoms with Crippen LogP contribution in [0.1, 0.15) is 33.3 Å². The average Bonchev–Trinajstić information content (AvgIpc) is 3.07. The molecule has 1 aliphatic heterocycles. The molecule has 0 radical (unpaired) electrons. The van der Waals surface area contributed by atoms with Gasteiger partial charge in [-0.25, -0.2) is 4.98 Å². The minimum absolute atomic E-state index is 0.0175. The van der Waals surface area contributed by atoms with E-state index in [2.05, 4.69) is 4.98 Å². The molecule has 3 heterocycles. The van der Waals surface area contributed by atoms with E-state index in [4.69, 9.17) is 20.8 Å². The number of anilines is 1. The van der Waals surface area contributed by atoms with Crippen LogP contribution in [0.5, 0.6) is 5.75 Å². The van der Waals surface area contributed by atoms with E-state index in [1.54, 1.807) is 49.7 Å². The zero-order valence-corrected chi connectivity index (χ0v) is 17.5. The molecule has 5 rings (SSSR count). The highest BCUT2D eigenvalue weighted by molar-refractivity contribution is 6.31. The third-order valence-corrected chi connectivity index (χ3v) is 5.65. The molecular formula is C24H17ClN2O4. The molecule has 7 heteroatoms. The van der Waals surface area contributed by atoms with Crippen molar-refractivity contribution >= 4 is 34.3 Å². The second-order valence-electron chi connectivity index (χ2n) is 7.36. The molecule has 2 aromatic heterocycles. The minimum atomic E-state index is -0.692. The van der Waals surface area contributed by atoms with Gasteiger partial charge in [-0.05, 0) is 60.5 Å². The molecule has 0 unspecified atom stereocenters. The van der Waals surface area contributed by atoms with E-state index in [0.29, 0.717) is 27.6 Å². The molecule has 0 saturated heterocycles. The monoisotopic (exact) mass is 432 g/mol. The smallest absolute Gasteiger partial charge is 0.296 e. The largest absolute Gasteiger partial charge is 0.497 e. The van der Waals surface area contributed by atoms with Gasteiger partial charge in [0, 0.05) is 11.2 Å². The predicted octanol–water partition coefficient (Wildman–Crippen LogP) is 4.91. The highest BCUT2D eigenvalue weighted by Crippen LogP contribution is 2.41. The maximum Gasteiger partial charge on any atom is 0.296 e. The summed E-state index contributed by atoms with van der Waals surface area (Å²) < 4.78 is 11.2. The topological polar surface area (TPSA) is 72.6 Å². The van der Waals surface area contributed by atoms with Crippen LogP contribution in [0.25, 0.3) is 11.0 Å². The standard InChI is InChI=1S/C24H17ClN2O4/c1-13-9-10-26-19(11-13)27-21(14-3-6-16(30-2)7-4-14)20-22(28)17-12-15(25)5-8-18(17)31-23(20)24(27)29/h3-12,21H,1-2H3/t21-/m1/s1. The predicted molar refractivity (Wildman–Crippen MR) is 118 cm³/mol. The van der Waals surface area contributed by atoms with Gasteiger partial charge >= 0.3 is 0 Å². The van der Waals surface area contributed by atoms with Gasteiger partial charge in [-0.2, -0.15) is 0 Å². The number of halogens is 1. The number of aryl methyl sites for hydroxylation is 1. The first kappa shape index (κ1) is 19.3. The molecule has 6 nitrogen and oxygen atoms in total. The highest BCUT2D eigenvalue weighted by atomic mass is 35.5. The fraction of sp³-hybridized carbons (Fsp3) is 0.125. The molecule has 4 aromatic rings. The van der Waals surface area contributed by atoms with Crippen LogP contribution in [0, 0.1) is 6.92 Å². The molecule has 1 aliphatic rings. The van der Waals surface area contributed by atoms with Crippen molar-refractivity contribution in [2.45, 2.75) is 13.0 Å². The summed E-state index contributed by atoms with van der Waals surface area (Å²) in [5, 5.41) is 0.749. The lowest BCUT2D eigenvalue weighted by molar-refractivity contribution is 0.0970. The van der Waals surface area contributed by atoms with Crippen molar-refractivity contribution in [3.63, 3.8) is 0 Å². The van der Waals surface area contributed by atoms with Crippen LogP contribution < -0.4 is 15.1 Å². The second-order valence-corrected chi connectivity index (χ2v) is 7.79. The molecule has 154 valence electrons. The Bertz CT molecular complexity index is 1400. The number of amides is 1. The summed E-state index contributed by atoms with van der Waals surface area (Å²) in [7, 11) is 1.58. The first-order chi connectivity index (χ1) is 15.0. The number of ether oxygens (including phenoxy) is 1. The Hall–Kier alpha value is -3.64. The number of pyridine rings is 1. The van der Waals surface area contributed by atoms with Crippen molar-refractivity contribution in [2.75, 3.05) is 12.0 Å².